The molecular formula is C11H23N3. The van der Waals surface area contributed by atoms with Crippen LogP contribution in [0.4, 0.5) is 0 Å². The van der Waals surface area contributed by atoms with E-state index in [0.717, 1.165) is 18.4 Å². The van der Waals surface area contributed by atoms with Crippen LogP contribution in [0.5, 0.6) is 0 Å². The molecule has 3 nitrogen and oxygen atoms in total. The smallest absolute Gasteiger partial charge is 0.00344 e. The Bertz CT molecular complexity index is 171. The molecule has 0 aromatic heterocycles. The molecule has 0 bridgehead atoms. The quantitative estimate of drug-likeness (QED) is 0.684. The molecule has 0 amide bonds. The predicted octanol–water partition coefficient (Wildman–Crippen LogP) is 0.219. The van der Waals surface area contributed by atoms with Gasteiger partial charge in [0.05, 0.1) is 0 Å². The molecule has 2 N–H and O–H groups in total. The Labute approximate surface area is 87.2 Å². The van der Waals surface area contributed by atoms with E-state index in [1.54, 1.807) is 0 Å². The van der Waals surface area contributed by atoms with Crippen LogP contribution in [0.3, 0.4) is 0 Å². The monoisotopic (exact) mass is 197 g/mol. The minimum absolute atomic E-state index is 0.865. The molecule has 2 rings (SSSR count). The van der Waals surface area contributed by atoms with Crippen LogP contribution < -0.4 is 5.73 Å². The van der Waals surface area contributed by atoms with Crippen LogP contribution in [0.2, 0.25) is 0 Å². The topological polar surface area (TPSA) is 32.5 Å². The van der Waals surface area contributed by atoms with E-state index >= 15 is 0 Å². The normalized spacial score (nSPS) is 26.1. The zero-order valence-corrected chi connectivity index (χ0v) is 9.28. The molecule has 82 valence electrons. The van der Waals surface area contributed by atoms with Crippen LogP contribution in [0.1, 0.15) is 12.8 Å². The van der Waals surface area contributed by atoms with E-state index in [1.165, 1.54) is 45.6 Å². The molecular weight excluding hydrogens is 174 g/mol. The van der Waals surface area contributed by atoms with E-state index in [-0.39, 0.29) is 0 Å². The fraction of sp³-hybridized carbons (Fsp3) is 1.00. The highest BCUT2D eigenvalue weighted by Crippen LogP contribution is 2.23. The van der Waals surface area contributed by atoms with Crippen LogP contribution >= 0.6 is 0 Å². The first-order chi connectivity index (χ1) is 6.78. The average Bonchev–Trinajstić information content (AvgIpc) is 2.05. The van der Waals surface area contributed by atoms with Crippen molar-refractivity contribution in [1.29, 1.82) is 0 Å². The van der Waals surface area contributed by atoms with E-state index in [4.69, 9.17) is 5.73 Å². The van der Waals surface area contributed by atoms with Crippen molar-refractivity contribution in [2.75, 3.05) is 46.3 Å². The van der Waals surface area contributed by atoms with Crippen molar-refractivity contribution in [2.45, 2.75) is 12.8 Å². The lowest BCUT2D eigenvalue weighted by molar-refractivity contribution is 0.0297. The number of nitrogens with zero attached hydrogens (tertiary/aromatic N) is 2. The molecule has 2 aliphatic rings. The molecule has 3 heteroatoms. The van der Waals surface area contributed by atoms with Gasteiger partial charge in [0.2, 0.25) is 0 Å². The molecule has 0 saturated carbocycles. The summed E-state index contributed by atoms with van der Waals surface area (Å²) in [5.74, 6) is 1.91. The maximum Gasteiger partial charge on any atom is 0.00344 e. The molecule has 0 spiro atoms. The van der Waals surface area contributed by atoms with Gasteiger partial charge in [-0.05, 0) is 38.3 Å². The molecule has 0 unspecified atom stereocenters. The second-order valence-corrected chi connectivity index (χ2v) is 5.10. The molecule has 0 aliphatic carbocycles. The van der Waals surface area contributed by atoms with Gasteiger partial charge < -0.3 is 15.5 Å². The number of hydrogen-bond acceptors (Lipinski definition) is 3. The Morgan fingerprint density at radius 1 is 1.14 bits per heavy atom. The zero-order valence-electron chi connectivity index (χ0n) is 9.28. The summed E-state index contributed by atoms with van der Waals surface area (Å²) in [6.07, 6.45) is 2.56. The van der Waals surface area contributed by atoms with Gasteiger partial charge in [0, 0.05) is 32.7 Å². The summed E-state index contributed by atoms with van der Waals surface area (Å²) in [6, 6.07) is 0. The van der Waals surface area contributed by atoms with Gasteiger partial charge in [-0.2, -0.15) is 0 Å². The number of hydrogen-bond donors (Lipinski definition) is 1. The third-order valence-corrected chi connectivity index (χ3v) is 3.51. The van der Waals surface area contributed by atoms with Crippen LogP contribution in [0.15, 0.2) is 0 Å². The van der Waals surface area contributed by atoms with Gasteiger partial charge in [0.1, 0.15) is 0 Å². The summed E-state index contributed by atoms with van der Waals surface area (Å²) >= 11 is 0. The van der Waals surface area contributed by atoms with Crippen molar-refractivity contribution in [3.8, 4) is 0 Å². The van der Waals surface area contributed by atoms with Gasteiger partial charge in [0.15, 0.2) is 0 Å². The molecule has 2 heterocycles. The Hall–Kier alpha value is -0.120. The Balaban J connectivity index is 1.51. The van der Waals surface area contributed by atoms with Gasteiger partial charge in [0.25, 0.3) is 0 Å². The first kappa shape index (κ1) is 10.4. The molecule has 14 heavy (non-hydrogen) atoms. The summed E-state index contributed by atoms with van der Waals surface area (Å²) < 4.78 is 0. The molecule has 0 radical (unpaired) electrons. The highest BCUT2D eigenvalue weighted by Gasteiger charge is 2.31. The van der Waals surface area contributed by atoms with Crippen LogP contribution in [-0.4, -0.2) is 56.1 Å². The average molecular weight is 197 g/mol. The second kappa shape index (κ2) is 4.60. The standard InChI is InChI=1S/C11H23N3/c1-13-5-11(6-13)9-14-7-10(8-14)3-2-4-12/h10-11H,2-9,12H2,1H3. The Morgan fingerprint density at radius 2 is 1.86 bits per heavy atom. The van der Waals surface area contributed by atoms with Crippen molar-refractivity contribution in [1.82, 2.24) is 9.80 Å². The maximum atomic E-state index is 5.50. The van der Waals surface area contributed by atoms with Crippen LogP contribution in [0, 0.1) is 11.8 Å². The van der Waals surface area contributed by atoms with Gasteiger partial charge in [-0.3, -0.25) is 0 Å². The fourth-order valence-corrected chi connectivity index (χ4v) is 2.72. The first-order valence-corrected chi connectivity index (χ1v) is 5.89. The van der Waals surface area contributed by atoms with Crippen molar-refractivity contribution in [2.24, 2.45) is 17.6 Å². The number of likely N-dealkylation sites (tertiary alicyclic amines) is 2. The third kappa shape index (κ3) is 2.47. The lowest BCUT2D eigenvalue weighted by Gasteiger charge is -2.45. The van der Waals surface area contributed by atoms with E-state index in [1.807, 2.05) is 0 Å². The van der Waals surface area contributed by atoms with Gasteiger partial charge in [-0.15, -0.1) is 0 Å². The first-order valence-electron chi connectivity index (χ1n) is 5.89. The zero-order chi connectivity index (χ0) is 9.97. The number of nitrogens with two attached hydrogens (primary N) is 1. The van der Waals surface area contributed by atoms with Gasteiger partial charge in [-0.1, -0.05) is 0 Å². The Morgan fingerprint density at radius 3 is 2.43 bits per heavy atom. The van der Waals surface area contributed by atoms with Crippen molar-refractivity contribution in [3.05, 3.63) is 0 Å². The summed E-state index contributed by atoms with van der Waals surface area (Å²) in [5, 5.41) is 0. The van der Waals surface area contributed by atoms with Crippen LogP contribution in [0.25, 0.3) is 0 Å². The van der Waals surface area contributed by atoms with Crippen molar-refractivity contribution in [3.63, 3.8) is 0 Å². The second-order valence-electron chi connectivity index (χ2n) is 5.10. The third-order valence-electron chi connectivity index (χ3n) is 3.51. The lowest BCUT2D eigenvalue weighted by atomic mass is 9.91. The fourth-order valence-electron chi connectivity index (χ4n) is 2.72. The minimum atomic E-state index is 0.865. The molecule has 2 aliphatic heterocycles. The maximum absolute atomic E-state index is 5.50. The van der Waals surface area contributed by atoms with Crippen molar-refractivity contribution >= 4 is 0 Å². The van der Waals surface area contributed by atoms with E-state index in [2.05, 4.69) is 16.8 Å². The van der Waals surface area contributed by atoms with Crippen LogP contribution in [-0.2, 0) is 0 Å². The highest BCUT2D eigenvalue weighted by molar-refractivity contribution is 4.86. The molecule has 0 aromatic rings. The summed E-state index contributed by atoms with van der Waals surface area (Å²) in [5.41, 5.74) is 5.50. The van der Waals surface area contributed by atoms with E-state index in [0.29, 0.717) is 0 Å². The minimum Gasteiger partial charge on any atom is -0.330 e. The summed E-state index contributed by atoms with van der Waals surface area (Å²) in [7, 11) is 2.21. The molecule has 2 saturated heterocycles. The summed E-state index contributed by atoms with van der Waals surface area (Å²) in [6.45, 7) is 7.49. The number of rotatable bonds is 5. The van der Waals surface area contributed by atoms with Gasteiger partial charge >= 0.3 is 0 Å². The summed E-state index contributed by atoms with van der Waals surface area (Å²) in [4.78, 5) is 5.01. The molecule has 0 aromatic carbocycles. The highest BCUT2D eigenvalue weighted by atomic mass is 15.2. The van der Waals surface area contributed by atoms with E-state index < -0.39 is 0 Å². The lowest BCUT2D eigenvalue weighted by Crippen LogP contribution is -2.55. The van der Waals surface area contributed by atoms with Crippen molar-refractivity contribution < 1.29 is 0 Å². The van der Waals surface area contributed by atoms with E-state index in [9.17, 15) is 0 Å². The SMILES string of the molecule is CN1CC(CN2CC(CCCN)C2)C1. The van der Waals surface area contributed by atoms with Gasteiger partial charge in [-0.25, -0.2) is 0 Å². The largest absolute Gasteiger partial charge is 0.330 e. The predicted molar refractivity (Wildman–Crippen MR) is 59.2 cm³/mol. The Kier molecular flexibility index (Phi) is 3.42. The molecule has 2 fully saturated rings. The molecule has 0 atom stereocenters.